The van der Waals surface area contributed by atoms with Crippen LogP contribution in [0.5, 0.6) is 0 Å². The zero-order valence-corrected chi connectivity index (χ0v) is 35.6. The van der Waals surface area contributed by atoms with Crippen LogP contribution in [0.4, 0.5) is 0 Å². The summed E-state index contributed by atoms with van der Waals surface area (Å²) in [5.74, 6) is 0. The number of benzene rings is 10. The maximum atomic E-state index is 2.45. The average Bonchev–Trinajstić information content (AvgIpc) is 3.69. The molecule has 0 atom stereocenters. The highest BCUT2D eigenvalue weighted by Crippen LogP contribution is 2.52. The summed E-state index contributed by atoms with van der Waals surface area (Å²) in [6.45, 7) is 9.48. The van der Waals surface area contributed by atoms with E-state index in [9.17, 15) is 0 Å². The summed E-state index contributed by atoms with van der Waals surface area (Å²) in [5.41, 5.74) is 23.4. The molecule has 2 aliphatic carbocycles. The van der Waals surface area contributed by atoms with Crippen molar-refractivity contribution in [3.05, 3.63) is 229 Å². The first kappa shape index (κ1) is 36.6. The quantitative estimate of drug-likeness (QED) is 0.163. The molecule has 0 saturated heterocycles. The van der Waals surface area contributed by atoms with Crippen LogP contribution in [0, 0.1) is 0 Å². The standard InChI is InChI=1S/C62H46/c1-61(2)57-21-13-12-20-53(57)54-30-27-43(37-59(54)61)47-34-32-45(49-16-8-10-18-51(47)49)40-22-24-41(25-23-40)46-33-35-48(52-19-11-9-17-50(46)52)44-28-31-56-55-29-26-42(39-14-6-5-7-15-39)36-58(55)62(3,4)60(56)38-44/h5-38H,1-4H3. The number of fused-ring (bicyclic) bond motifs is 8. The third kappa shape index (κ3) is 5.46. The van der Waals surface area contributed by atoms with Gasteiger partial charge in [-0.15, -0.1) is 0 Å². The van der Waals surface area contributed by atoms with Crippen molar-refractivity contribution in [2.24, 2.45) is 0 Å². The first-order valence-corrected chi connectivity index (χ1v) is 22.0. The van der Waals surface area contributed by atoms with Crippen LogP contribution in [0.3, 0.4) is 0 Å². The molecule has 0 aliphatic heterocycles. The minimum absolute atomic E-state index is 0.0364. The molecule has 0 saturated carbocycles. The van der Waals surface area contributed by atoms with Gasteiger partial charge in [-0.1, -0.05) is 216 Å². The van der Waals surface area contributed by atoms with E-state index in [1.165, 1.54) is 122 Å². The third-order valence-electron chi connectivity index (χ3n) is 14.3. The fourth-order valence-electron chi connectivity index (χ4n) is 11.0. The van der Waals surface area contributed by atoms with Gasteiger partial charge in [0.15, 0.2) is 0 Å². The first-order chi connectivity index (χ1) is 30.3. The zero-order chi connectivity index (χ0) is 41.7. The highest BCUT2D eigenvalue weighted by molar-refractivity contribution is 6.07. The van der Waals surface area contributed by atoms with Crippen LogP contribution in [-0.2, 0) is 10.8 Å². The highest BCUT2D eigenvalue weighted by Gasteiger charge is 2.37. The predicted octanol–water partition coefficient (Wildman–Crippen LogP) is 16.9. The first-order valence-electron chi connectivity index (χ1n) is 22.0. The van der Waals surface area contributed by atoms with Gasteiger partial charge in [-0.3, -0.25) is 0 Å². The summed E-state index contributed by atoms with van der Waals surface area (Å²) in [6, 6.07) is 77.2. The Kier molecular flexibility index (Phi) is 8.03. The third-order valence-corrected chi connectivity index (χ3v) is 14.3. The average molecular weight is 791 g/mol. The van der Waals surface area contributed by atoms with Crippen molar-refractivity contribution < 1.29 is 0 Å². The van der Waals surface area contributed by atoms with Crippen molar-refractivity contribution >= 4 is 21.5 Å². The fraction of sp³-hybridized carbons (Fsp3) is 0.0968. The Morgan fingerprint density at radius 3 is 0.984 bits per heavy atom. The van der Waals surface area contributed by atoms with E-state index in [4.69, 9.17) is 0 Å². The predicted molar refractivity (Wildman–Crippen MR) is 264 cm³/mol. The normalized spacial score (nSPS) is 14.1. The minimum atomic E-state index is -0.111. The largest absolute Gasteiger partial charge is 0.0622 e. The van der Waals surface area contributed by atoms with Gasteiger partial charge in [0.05, 0.1) is 0 Å². The number of hydrogen-bond acceptors (Lipinski definition) is 0. The van der Waals surface area contributed by atoms with E-state index in [1.54, 1.807) is 0 Å². The summed E-state index contributed by atoms with van der Waals surface area (Å²) in [4.78, 5) is 0. The minimum Gasteiger partial charge on any atom is -0.0622 e. The van der Waals surface area contributed by atoms with Crippen LogP contribution in [-0.4, -0.2) is 0 Å². The molecule has 12 rings (SSSR count). The van der Waals surface area contributed by atoms with Crippen molar-refractivity contribution in [2.75, 3.05) is 0 Å². The number of rotatable bonds is 5. The van der Waals surface area contributed by atoms with E-state index in [0.717, 1.165) is 0 Å². The Balaban J connectivity index is 0.878. The Morgan fingerprint density at radius 2 is 0.516 bits per heavy atom. The lowest BCUT2D eigenvalue weighted by Gasteiger charge is -2.23. The van der Waals surface area contributed by atoms with Gasteiger partial charge in [0.2, 0.25) is 0 Å². The van der Waals surface area contributed by atoms with Gasteiger partial charge in [-0.05, 0) is 140 Å². The molecule has 0 fully saturated rings. The van der Waals surface area contributed by atoms with Gasteiger partial charge in [0, 0.05) is 10.8 Å². The molecule has 10 aromatic rings. The van der Waals surface area contributed by atoms with E-state index in [2.05, 4.69) is 234 Å². The molecule has 0 aromatic heterocycles. The van der Waals surface area contributed by atoms with Crippen LogP contribution >= 0.6 is 0 Å². The summed E-state index contributed by atoms with van der Waals surface area (Å²) in [6.07, 6.45) is 0. The van der Waals surface area contributed by atoms with Crippen LogP contribution < -0.4 is 0 Å². The van der Waals surface area contributed by atoms with Crippen molar-refractivity contribution in [1.29, 1.82) is 0 Å². The second kappa shape index (κ2) is 13.6. The summed E-state index contributed by atoms with van der Waals surface area (Å²) in [7, 11) is 0. The molecular formula is C62H46. The molecule has 0 unspecified atom stereocenters. The van der Waals surface area contributed by atoms with Gasteiger partial charge in [-0.2, -0.15) is 0 Å². The maximum absolute atomic E-state index is 2.45. The Morgan fingerprint density at radius 1 is 0.210 bits per heavy atom. The van der Waals surface area contributed by atoms with Gasteiger partial charge < -0.3 is 0 Å². The second-order valence-electron chi connectivity index (χ2n) is 18.4. The Labute approximate surface area is 364 Å². The van der Waals surface area contributed by atoms with Crippen LogP contribution in [0.15, 0.2) is 206 Å². The molecule has 0 spiro atoms. The molecule has 2 aliphatic rings. The van der Waals surface area contributed by atoms with Gasteiger partial charge in [0.1, 0.15) is 0 Å². The maximum Gasteiger partial charge on any atom is 0.0159 e. The lowest BCUT2D eigenvalue weighted by Crippen LogP contribution is -2.15. The Hall–Kier alpha value is -7.28. The van der Waals surface area contributed by atoms with Crippen LogP contribution in [0.25, 0.3) is 99.4 Å². The van der Waals surface area contributed by atoms with E-state index < -0.39 is 0 Å². The molecule has 10 aromatic carbocycles. The van der Waals surface area contributed by atoms with Gasteiger partial charge in [-0.25, -0.2) is 0 Å². The lowest BCUT2D eigenvalue weighted by molar-refractivity contribution is 0.660. The molecule has 0 radical (unpaired) electrons. The topological polar surface area (TPSA) is 0 Å². The molecule has 0 heterocycles. The molecule has 0 amide bonds. The second-order valence-corrected chi connectivity index (χ2v) is 18.4. The van der Waals surface area contributed by atoms with Gasteiger partial charge >= 0.3 is 0 Å². The number of hydrogen-bond donors (Lipinski definition) is 0. The van der Waals surface area contributed by atoms with Crippen molar-refractivity contribution in [2.45, 2.75) is 38.5 Å². The summed E-state index contributed by atoms with van der Waals surface area (Å²) < 4.78 is 0. The molecule has 0 nitrogen and oxygen atoms in total. The summed E-state index contributed by atoms with van der Waals surface area (Å²) in [5, 5.41) is 5.09. The van der Waals surface area contributed by atoms with E-state index in [-0.39, 0.29) is 10.8 Å². The highest BCUT2D eigenvalue weighted by atomic mass is 14.4. The molecule has 0 bridgehead atoms. The van der Waals surface area contributed by atoms with Crippen molar-refractivity contribution in [3.8, 4) is 77.9 Å². The molecule has 0 N–H and O–H groups in total. The molecule has 294 valence electrons. The Bertz CT molecular complexity index is 3430. The van der Waals surface area contributed by atoms with E-state index in [0.29, 0.717) is 0 Å². The summed E-state index contributed by atoms with van der Waals surface area (Å²) >= 11 is 0. The van der Waals surface area contributed by atoms with Gasteiger partial charge in [0.25, 0.3) is 0 Å². The van der Waals surface area contributed by atoms with E-state index >= 15 is 0 Å². The molecular weight excluding hydrogens is 745 g/mol. The van der Waals surface area contributed by atoms with Crippen molar-refractivity contribution in [1.82, 2.24) is 0 Å². The SMILES string of the molecule is CC1(C)c2ccccc2-c2ccc(-c3ccc(-c4ccc(-c5ccc(-c6ccc7c(c6)C(C)(C)c6cc(-c8ccccc8)ccc6-7)c6ccccc56)cc4)c4ccccc34)cc21. The monoisotopic (exact) mass is 790 g/mol. The molecule has 0 heteroatoms. The van der Waals surface area contributed by atoms with Crippen LogP contribution in [0.2, 0.25) is 0 Å². The zero-order valence-electron chi connectivity index (χ0n) is 35.6. The van der Waals surface area contributed by atoms with E-state index in [1.807, 2.05) is 0 Å². The van der Waals surface area contributed by atoms with Crippen molar-refractivity contribution in [3.63, 3.8) is 0 Å². The lowest BCUT2D eigenvalue weighted by atomic mass is 9.80. The smallest absolute Gasteiger partial charge is 0.0159 e. The fourth-order valence-corrected chi connectivity index (χ4v) is 11.0. The molecule has 62 heavy (non-hydrogen) atoms. The van der Waals surface area contributed by atoms with Crippen LogP contribution in [0.1, 0.15) is 49.9 Å².